The highest BCUT2D eigenvalue weighted by Gasteiger charge is 2.52. The van der Waals surface area contributed by atoms with Crippen molar-refractivity contribution in [2.24, 2.45) is 17.4 Å². The van der Waals surface area contributed by atoms with Crippen molar-refractivity contribution in [3.63, 3.8) is 0 Å². The van der Waals surface area contributed by atoms with E-state index in [-0.39, 0.29) is 71.4 Å². The number of phenolic OH excluding ortho intramolecular Hbond substituents is 3. The number of amides is 9. The van der Waals surface area contributed by atoms with Crippen molar-refractivity contribution >= 4 is 87.1 Å². The van der Waals surface area contributed by atoms with E-state index in [1.54, 1.807) is 18.2 Å². The molecule has 1 aromatic heterocycles. The molecule has 38 heteroatoms. The lowest BCUT2D eigenvalue weighted by atomic mass is 9.86. The first-order valence-electron chi connectivity index (χ1n) is 37.2. The Kier molecular flexibility index (Phi) is 26.1. The third-order valence-electron chi connectivity index (χ3n) is 20.6. The van der Waals surface area contributed by atoms with E-state index in [1.165, 1.54) is 45.3 Å². The molecule has 2 saturated heterocycles. The molecule has 18 atom stereocenters. The normalized spacial score (nSPS) is 26.9. The van der Waals surface area contributed by atoms with Gasteiger partial charge in [0.15, 0.2) is 23.9 Å². The SMILES string of the molecule is CNC(CC(C)C)C(=O)NC1C(=O)NC(CC(N)=O)C(=O)NC2C(=O)NC3C(=O)NC(C(=O)NC(C(=O)NCCCNC(=O)c4cc5ccccc5cn4)c4cc(O)cc(O)c4-c4cc3ccc4O)C(O)c3ccc(c(Cl)c3)Oc3cc2cc(c3OC2OC(CO)C(O)C(O)C2OC2CC(C)(N)C(O)C(C)O2)Oc2ccc(cc2Cl)C1O. The second-order valence-corrected chi connectivity index (χ2v) is 30.5. The lowest BCUT2D eigenvalue weighted by Gasteiger charge is -2.47. The quantitative estimate of drug-likeness (QED) is 0.0541. The number of halogens is 2. The van der Waals surface area contributed by atoms with E-state index >= 15 is 19.2 Å². The summed E-state index contributed by atoms with van der Waals surface area (Å²) in [6.07, 6.45) is -17.1. The fourth-order valence-electron chi connectivity index (χ4n) is 14.4. The number of carbonyl (C=O) groups excluding carboxylic acids is 9. The molecule has 6 aromatic carbocycles. The minimum absolute atomic E-state index is 0.0342. The highest BCUT2D eigenvalue weighted by molar-refractivity contribution is 6.32. The van der Waals surface area contributed by atoms with Gasteiger partial charge in [-0.25, -0.2) is 0 Å². The van der Waals surface area contributed by atoms with Crippen LogP contribution < -0.4 is 73.5 Å². The van der Waals surface area contributed by atoms with Crippen LogP contribution in [0.15, 0.2) is 115 Å². The van der Waals surface area contributed by atoms with Crippen molar-refractivity contribution in [2.45, 2.75) is 163 Å². The number of fused-ring (bicyclic) bond motifs is 16. The zero-order valence-corrected chi connectivity index (χ0v) is 64.8. The number of nitrogens with one attached hydrogen (secondary N) is 9. The minimum Gasteiger partial charge on any atom is -0.508 e. The molecule has 8 heterocycles. The second kappa shape index (κ2) is 35.8. The molecule has 9 amide bonds. The molecule has 7 aliphatic rings. The number of primary amides is 1. The molecule has 622 valence electrons. The van der Waals surface area contributed by atoms with E-state index in [0.29, 0.717) is 0 Å². The first-order valence-corrected chi connectivity index (χ1v) is 38.0. The zero-order chi connectivity index (χ0) is 84.3. The van der Waals surface area contributed by atoms with Crippen LogP contribution in [0, 0.1) is 5.92 Å². The van der Waals surface area contributed by atoms with Gasteiger partial charge in [0, 0.05) is 53.8 Å². The van der Waals surface area contributed by atoms with Crippen LogP contribution in [0.5, 0.6) is 46.0 Å². The number of hydrogen-bond donors (Lipinski definition) is 20. The number of nitrogens with zero attached hydrogens (tertiary/aromatic N) is 1. The summed E-state index contributed by atoms with van der Waals surface area (Å²) >= 11 is 14.3. The number of phenols is 3. The summed E-state index contributed by atoms with van der Waals surface area (Å²) in [7, 11) is 1.48. The topological polar surface area (TPSA) is 564 Å². The van der Waals surface area contributed by atoms with Crippen LogP contribution in [0.4, 0.5) is 0 Å². The molecule has 14 rings (SSSR count). The number of aliphatic hydroxyl groups is 6. The average molecular weight is 1660 g/mol. The molecule has 0 radical (unpaired) electrons. The average Bonchev–Trinajstić information content (AvgIpc) is 0.764. The van der Waals surface area contributed by atoms with E-state index in [9.17, 15) is 69.9 Å². The summed E-state index contributed by atoms with van der Waals surface area (Å²) in [6, 6.07) is 8.75. The second-order valence-electron chi connectivity index (χ2n) is 29.7. The van der Waals surface area contributed by atoms with Crippen LogP contribution in [-0.4, -0.2) is 210 Å². The van der Waals surface area contributed by atoms with E-state index in [1.807, 2.05) is 26.0 Å². The summed E-state index contributed by atoms with van der Waals surface area (Å²) in [5.74, 6) is -15.6. The van der Waals surface area contributed by atoms with Gasteiger partial charge >= 0.3 is 0 Å². The fourth-order valence-corrected chi connectivity index (χ4v) is 14.9. The Bertz CT molecular complexity index is 5010. The van der Waals surface area contributed by atoms with Gasteiger partial charge in [0.1, 0.15) is 101 Å². The van der Waals surface area contributed by atoms with E-state index in [2.05, 4.69) is 52.8 Å². The van der Waals surface area contributed by atoms with Crippen LogP contribution in [0.1, 0.15) is 122 Å². The number of hydrogen-bond acceptors (Lipinski definition) is 27. The molecule has 117 heavy (non-hydrogen) atoms. The standard InChI is InChI=1S/C79H88Cl2N12O24/c1-32(2)19-45(84-5)71(105)92-61-63(99)36-12-15-50(43(80)21-36)113-52-24-39-25-53(67(52)117-78-68(66(102)65(101)54(31-94)115-78)116-56-29-79(4,83)69(103)33(3)112-56)114-51-16-13-37(22-44(51)81)64(100)62-77(111)91-60(73(107)86-18-8-17-85-70(104)46-23-34-9-6-7-10-38(34)30-87-46)42-26-40(95)27-49(97)57(42)41-20-35(11-14-48(41)96)58(74(108)93-62)90-75(109)59(39)89-72(106)47(28-55(82)98)88-76(61)110/h6-7,9-16,20-27,30,32-33,45,47,54,56,58-66,68-69,78,84,94-97,99-103H,8,17-19,28-29,31,83H2,1-5H3,(H2,82,98)(H,85,104)(H,86,107)(H,88,110)(H,89,106)(H,90,109)(H,91,111)(H,92,105)(H,93,108). The predicted octanol–water partition coefficient (Wildman–Crippen LogP) is 1.51. The van der Waals surface area contributed by atoms with Crippen LogP contribution in [0.25, 0.3) is 21.9 Å². The smallest absolute Gasteiger partial charge is 0.269 e. The number of aliphatic hydroxyl groups excluding tert-OH is 6. The summed E-state index contributed by atoms with van der Waals surface area (Å²) in [6.45, 7) is 5.41. The van der Waals surface area contributed by atoms with Crippen LogP contribution in [0.3, 0.4) is 0 Å². The Balaban J connectivity index is 1.02. The number of nitrogens with two attached hydrogens (primary N) is 2. The maximum absolute atomic E-state index is 16.3. The van der Waals surface area contributed by atoms with Gasteiger partial charge < -0.3 is 134 Å². The van der Waals surface area contributed by atoms with Gasteiger partial charge in [-0.05, 0) is 134 Å². The Morgan fingerprint density at radius 3 is 1.97 bits per heavy atom. The van der Waals surface area contributed by atoms with Crippen LogP contribution in [0.2, 0.25) is 10.0 Å². The van der Waals surface area contributed by atoms with Crippen molar-refractivity contribution in [1.29, 1.82) is 0 Å². The number of aromatic nitrogens is 1. The summed E-state index contributed by atoms with van der Waals surface area (Å²) < 4.78 is 38.6. The molecule has 36 nitrogen and oxygen atoms in total. The van der Waals surface area contributed by atoms with E-state index < -0.39 is 243 Å². The lowest BCUT2D eigenvalue weighted by molar-refractivity contribution is -0.333. The maximum atomic E-state index is 16.3. The number of ether oxygens (including phenoxy) is 6. The molecular weight excluding hydrogens is 1570 g/mol. The first-order chi connectivity index (χ1) is 55.6. The number of benzene rings is 6. The zero-order valence-electron chi connectivity index (χ0n) is 63.3. The Labute approximate surface area is 677 Å². The first kappa shape index (κ1) is 85.3. The van der Waals surface area contributed by atoms with Crippen LogP contribution >= 0.6 is 23.2 Å². The molecule has 18 unspecified atom stereocenters. The van der Waals surface area contributed by atoms with Gasteiger partial charge in [0.2, 0.25) is 59.3 Å². The summed E-state index contributed by atoms with van der Waals surface area (Å²) in [5, 5.41) is 129. The maximum Gasteiger partial charge on any atom is 0.269 e. The van der Waals surface area contributed by atoms with Crippen LogP contribution in [-0.2, 0) is 52.6 Å². The molecular formula is C79H88Cl2N12O24. The number of rotatable bonds is 18. The van der Waals surface area contributed by atoms with Gasteiger partial charge in [-0.1, -0.05) is 79.5 Å². The van der Waals surface area contributed by atoms with Crippen molar-refractivity contribution in [2.75, 3.05) is 26.7 Å². The van der Waals surface area contributed by atoms with Gasteiger partial charge in [-0.15, -0.1) is 0 Å². The Morgan fingerprint density at radius 1 is 0.692 bits per heavy atom. The van der Waals surface area contributed by atoms with E-state index in [4.69, 9.17) is 63.1 Å². The fraction of sp³-hybridized carbons (Fsp3) is 0.392. The highest BCUT2D eigenvalue weighted by Crippen LogP contribution is 2.50. The third kappa shape index (κ3) is 18.8. The number of carbonyl (C=O) groups is 9. The van der Waals surface area contributed by atoms with Crippen molar-refractivity contribution < 1.29 is 118 Å². The number of aromatic hydroxyl groups is 3. The molecule has 7 aliphatic heterocycles. The van der Waals surface area contributed by atoms with Gasteiger partial charge in [-0.2, -0.15) is 0 Å². The molecule has 11 bridgehead atoms. The predicted molar refractivity (Wildman–Crippen MR) is 413 cm³/mol. The number of pyridine rings is 1. The molecule has 0 saturated carbocycles. The highest BCUT2D eigenvalue weighted by atomic mass is 35.5. The summed E-state index contributed by atoms with van der Waals surface area (Å²) in [4.78, 5) is 138. The molecule has 0 aliphatic carbocycles. The third-order valence-corrected chi connectivity index (χ3v) is 21.2. The number of likely N-dealkylation sites (N-methyl/N-ethyl adjacent to an activating group) is 1. The van der Waals surface area contributed by atoms with Gasteiger partial charge in [-0.3, -0.25) is 48.1 Å². The Hall–Kier alpha value is -11.1. The van der Waals surface area contributed by atoms with Gasteiger partial charge in [0.05, 0.1) is 41.3 Å². The Morgan fingerprint density at radius 2 is 1.32 bits per heavy atom. The van der Waals surface area contributed by atoms with Crippen molar-refractivity contribution in [3.05, 3.63) is 159 Å². The lowest BCUT2D eigenvalue weighted by Crippen LogP contribution is -2.64. The molecule has 0 spiro atoms. The van der Waals surface area contributed by atoms with E-state index in [0.717, 1.165) is 71.4 Å². The minimum atomic E-state index is -2.36. The summed E-state index contributed by atoms with van der Waals surface area (Å²) in [5.41, 5.74) is 8.48. The van der Waals surface area contributed by atoms with Crippen molar-refractivity contribution in [1.82, 2.24) is 52.8 Å². The molecule has 22 N–H and O–H groups in total. The van der Waals surface area contributed by atoms with Crippen molar-refractivity contribution in [3.8, 4) is 57.1 Å². The molecule has 2 fully saturated rings. The largest absolute Gasteiger partial charge is 0.508 e. The monoisotopic (exact) mass is 1660 g/mol. The molecule has 7 aromatic rings. The van der Waals surface area contributed by atoms with Gasteiger partial charge in [0.25, 0.3) is 5.91 Å².